The molecule has 2 amide bonds. The number of carbonyl (C=O) groups excluding carboxylic acids is 1. The van der Waals surface area contributed by atoms with Gasteiger partial charge < -0.3 is 20.8 Å². The van der Waals surface area contributed by atoms with Crippen molar-refractivity contribution in [1.29, 1.82) is 0 Å². The SMILES string of the molecule is O=C(NCc1ccccc1F)N[C@@H](CO)C(=O)O. The predicted molar refractivity (Wildman–Crippen MR) is 60.3 cm³/mol. The van der Waals surface area contributed by atoms with E-state index in [1.54, 1.807) is 6.07 Å². The number of rotatable bonds is 5. The Bertz CT molecular complexity index is 439. The molecular weight excluding hydrogens is 243 g/mol. The van der Waals surface area contributed by atoms with Crippen LogP contribution in [0.15, 0.2) is 24.3 Å². The van der Waals surface area contributed by atoms with E-state index in [0.29, 0.717) is 0 Å². The smallest absolute Gasteiger partial charge is 0.328 e. The molecule has 98 valence electrons. The summed E-state index contributed by atoms with van der Waals surface area (Å²) in [7, 11) is 0. The standard InChI is InChI=1S/C11H13FN2O4/c12-8-4-2-1-3-7(8)5-13-11(18)14-9(6-15)10(16)17/h1-4,9,15H,5-6H2,(H,16,17)(H2,13,14,18)/t9-/m0/s1. The van der Waals surface area contributed by atoms with Crippen molar-refractivity contribution in [2.45, 2.75) is 12.6 Å². The molecule has 1 rings (SSSR count). The maximum Gasteiger partial charge on any atom is 0.328 e. The quantitative estimate of drug-likeness (QED) is 0.599. The molecule has 0 radical (unpaired) electrons. The summed E-state index contributed by atoms with van der Waals surface area (Å²) in [5, 5.41) is 21.6. The predicted octanol–water partition coefficient (Wildman–Crippen LogP) is 0.0704. The van der Waals surface area contributed by atoms with E-state index in [1.807, 2.05) is 5.32 Å². The van der Waals surface area contributed by atoms with E-state index in [4.69, 9.17) is 10.2 Å². The van der Waals surface area contributed by atoms with Gasteiger partial charge in [0.2, 0.25) is 0 Å². The minimum atomic E-state index is -1.38. The molecule has 0 saturated carbocycles. The maximum absolute atomic E-state index is 13.2. The first-order valence-corrected chi connectivity index (χ1v) is 5.16. The number of benzene rings is 1. The highest BCUT2D eigenvalue weighted by atomic mass is 19.1. The number of carboxylic acid groups (broad SMARTS) is 1. The number of aliphatic carboxylic acids is 1. The third-order valence-electron chi connectivity index (χ3n) is 2.18. The van der Waals surface area contributed by atoms with Crippen molar-refractivity contribution in [3.05, 3.63) is 35.6 Å². The highest BCUT2D eigenvalue weighted by molar-refractivity contribution is 5.82. The van der Waals surface area contributed by atoms with Crippen molar-refractivity contribution in [1.82, 2.24) is 10.6 Å². The summed E-state index contributed by atoms with van der Waals surface area (Å²) < 4.78 is 13.2. The van der Waals surface area contributed by atoms with Crippen LogP contribution in [-0.2, 0) is 11.3 Å². The molecule has 0 bridgehead atoms. The van der Waals surface area contributed by atoms with Crippen molar-refractivity contribution in [2.75, 3.05) is 6.61 Å². The summed E-state index contributed by atoms with van der Waals surface area (Å²) in [5.41, 5.74) is 0.281. The minimum Gasteiger partial charge on any atom is -0.480 e. The number of hydrogen-bond donors (Lipinski definition) is 4. The number of aliphatic hydroxyl groups is 1. The first kappa shape index (κ1) is 13.9. The molecule has 0 fully saturated rings. The molecular formula is C11H13FN2O4. The molecule has 0 aliphatic heterocycles. The van der Waals surface area contributed by atoms with Gasteiger partial charge in [-0.05, 0) is 6.07 Å². The van der Waals surface area contributed by atoms with E-state index in [-0.39, 0.29) is 12.1 Å². The normalized spacial score (nSPS) is 11.7. The van der Waals surface area contributed by atoms with Crippen LogP contribution in [0.3, 0.4) is 0 Å². The molecule has 1 atom stereocenters. The molecule has 1 aromatic carbocycles. The summed E-state index contributed by atoms with van der Waals surface area (Å²) in [4.78, 5) is 21.8. The van der Waals surface area contributed by atoms with E-state index < -0.39 is 30.5 Å². The number of nitrogens with one attached hydrogen (secondary N) is 2. The van der Waals surface area contributed by atoms with Gasteiger partial charge in [0.05, 0.1) is 6.61 Å². The summed E-state index contributed by atoms with van der Waals surface area (Å²) >= 11 is 0. The molecule has 0 heterocycles. The molecule has 4 N–H and O–H groups in total. The lowest BCUT2D eigenvalue weighted by molar-refractivity contribution is -0.140. The molecule has 0 aliphatic rings. The first-order chi connectivity index (χ1) is 8.54. The topological polar surface area (TPSA) is 98.7 Å². The van der Waals surface area contributed by atoms with Gasteiger partial charge in [0.15, 0.2) is 6.04 Å². The highest BCUT2D eigenvalue weighted by Crippen LogP contribution is 2.05. The van der Waals surface area contributed by atoms with E-state index in [2.05, 4.69) is 5.32 Å². The monoisotopic (exact) mass is 256 g/mol. The fraction of sp³-hybridized carbons (Fsp3) is 0.273. The average molecular weight is 256 g/mol. The van der Waals surface area contributed by atoms with Gasteiger partial charge in [-0.1, -0.05) is 18.2 Å². The molecule has 0 aliphatic carbocycles. The van der Waals surface area contributed by atoms with Crippen LogP contribution in [0.4, 0.5) is 9.18 Å². The third-order valence-corrected chi connectivity index (χ3v) is 2.18. The second-order valence-electron chi connectivity index (χ2n) is 3.49. The van der Waals surface area contributed by atoms with Gasteiger partial charge in [-0.2, -0.15) is 0 Å². The highest BCUT2D eigenvalue weighted by Gasteiger charge is 2.18. The van der Waals surface area contributed by atoms with Crippen LogP contribution >= 0.6 is 0 Å². The Kier molecular flexibility index (Phi) is 5.06. The van der Waals surface area contributed by atoms with Crippen molar-refractivity contribution < 1.29 is 24.2 Å². The molecule has 18 heavy (non-hydrogen) atoms. The summed E-state index contributed by atoms with van der Waals surface area (Å²) in [6, 6.07) is 3.71. The van der Waals surface area contributed by atoms with E-state index in [1.165, 1.54) is 18.2 Å². The molecule has 0 aromatic heterocycles. The minimum absolute atomic E-state index is 0.0731. The Morgan fingerprint density at radius 2 is 2.00 bits per heavy atom. The second kappa shape index (κ2) is 6.55. The largest absolute Gasteiger partial charge is 0.480 e. The van der Waals surface area contributed by atoms with Crippen molar-refractivity contribution in [2.24, 2.45) is 0 Å². The number of urea groups is 1. The van der Waals surface area contributed by atoms with Crippen molar-refractivity contribution in [3.63, 3.8) is 0 Å². The van der Waals surface area contributed by atoms with Crippen LogP contribution in [0.25, 0.3) is 0 Å². The Morgan fingerprint density at radius 1 is 1.33 bits per heavy atom. The molecule has 0 saturated heterocycles. The molecule has 0 unspecified atom stereocenters. The zero-order chi connectivity index (χ0) is 13.5. The van der Waals surface area contributed by atoms with Crippen LogP contribution < -0.4 is 10.6 Å². The van der Waals surface area contributed by atoms with Gasteiger partial charge >= 0.3 is 12.0 Å². The zero-order valence-electron chi connectivity index (χ0n) is 9.39. The molecule has 0 spiro atoms. The summed E-state index contributed by atoms with van der Waals surface area (Å²) in [6.07, 6.45) is 0. The Labute approximate surface area is 102 Å². The lowest BCUT2D eigenvalue weighted by Gasteiger charge is -2.12. The Balaban J connectivity index is 2.47. The van der Waals surface area contributed by atoms with Gasteiger partial charge in [0, 0.05) is 12.1 Å². The fourth-order valence-electron chi connectivity index (χ4n) is 1.21. The number of aliphatic hydroxyl groups excluding tert-OH is 1. The van der Waals surface area contributed by atoms with E-state index >= 15 is 0 Å². The third kappa shape index (κ3) is 4.02. The van der Waals surface area contributed by atoms with E-state index in [9.17, 15) is 14.0 Å². The number of halogens is 1. The lowest BCUT2D eigenvalue weighted by atomic mass is 10.2. The van der Waals surface area contributed by atoms with Gasteiger partial charge in [-0.3, -0.25) is 0 Å². The maximum atomic E-state index is 13.2. The molecule has 6 nitrogen and oxygen atoms in total. The van der Waals surface area contributed by atoms with Crippen molar-refractivity contribution >= 4 is 12.0 Å². The van der Waals surface area contributed by atoms with Crippen LogP contribution in [0.2, 0.25) is 0 Å². The van der Waals surface area contributed by atoms with Gasteiger partial charge in [0.25, 0.3) is 0 Å². The number of carbonyl (C=O) groups is 2. The van der Waals surface area contributed by atoms with Crippen LogP contribution in [-0.4, -0.2) is 34.9 Å². The molecule has 7 heteroatoms. The Morgan fingerprint density at radius 3 is 2.56 bits per heavy atom. The summed E-state index contributed by atoms with van der Waals surface area (Å²) in [5.74, 6) is -1.81. The number of amides is 2. The second-order valence-corrected chi connectivity index (χ2v) is 3.49. The number of hydrogen-bond acceptors (Lipinski definition) is 3. The Hall–Kier alpha value is -2.15. The summed E-state index contributed by atoms with van der Waals surface area (Å²) in [6.45, 7) is -0.793. The van der Waals surface area contributed by atoms with Crippen LogP contribution in [0, 0.1) is 5.82 Å². The average Bonchev–Trinajstić information content (AvgIpc) is 2.34. The lowest BCUT2D eigenvalue weighted by Crippen LogP contribution is -2.47. The fourth-order valence-corrected chi connectivity index (χ4v) is 1.21. The van der Waals surface area contributed by atoms with Crippen molar-refractivity contribution in [3.8, 4) is 0 Å². The zero-order valence-corrected chi connectivity index (χ0v) is 9.39. The van der Waals surface area contributed by atoms with E-state index in [0.717, 1.165) is 0 Å². The number of carboxylic acids is 1. The van der Waals surface area contributed by atoms with Crippen LogP contribution in [0.1, 0.15) is 5.56 Å². The van der Waals surface area contributed by atoms with Gasteiger partial charge in [-0.25, -0.2) is 14.0 Å². The van der Waals surface area contributed by atoms with Gasteiger partial charge in [-0.15, -0.1) is 0 Å². The molecule has 1 aromatic rings. The van der Waals surface area contributed by atoms with Gasteiger partial charge in [0.1, 0.15) is 5.82 Å². The first-order valence-electron chi connectivity index (χ1n) is 5.16. The van der Waals surface area contributed by atoms with Crippen LogP contribution in [0.5, 0.6) is 0 Å².